The van der Waals surface area contributed by atoms with Crippen LogP contribution in [-0.4, -0.2) is 11.1 Å². The molecular formula is C15H22O2. The fourth-order valence-electron chi connectivity index (χ4n) is 5.29. The summed E-state index contributed by atoms with van der Waals surface area (Å²) < 4.78 is 0. The number of carbonyl (C=O) groups is 1. The number of allylic oxidation sites excluding steroid dienone is 1. The molecule has 3 aliphatic rings. The van der Waals surface area contributed by atoms with Crippen LogP contribution in [0.3, 0.4) is 0 Å². The van der Waals surface area contributed by atoms with Crippen molar-refractivity contribution in [3.8, 4) is 0 Å². The van der Waals surface area contributed by atoms with E-state index in [1.54, 1.807) is 0 Å². The van der Waals surface area contributed by atoms with Gasteiger partial charge in [0.25, 0.3) is 0 Å². The Labute approximate surface area is 103 Å². The highest BCUT2D eigenvalue weighted by molar-refractivity contribution is 5.75. The molecule has 5 atom stereocenters. The van der Waals surface area contributed by atoms with E-state index in [-0.39, 0.29) is 5.41 Å². The molecule has 0 aliphatic heterocycles. The lowest BCUT2D eigenvalue weighted by Gasteiger charge is -2.35. The van der Waals surface area contributed by atoms with Gasteiger partial charge in [-0.25, -0.2) is 0 Å². The fourth-order valence-corrected chi connectivity index (χ4v) is 5.29. The van der Waals surface area contributed by atoms with Crippen LogP contribution in [0.5, 0.6) is 0 Å². The standard InChI is InChI=1S/C15H22O2/c1-9-6-11-5-4-10(2)15(11)8-14(3,13(16)17)7-12(9)15/h10-12H,1,4-8H2,2-3H3,(H,16,17)/t10-,11-,12+,14-,15+/m0/s1. The summed E-state index contributed by atoms with van der Waals surface area (Å²) in [5.74, 6) is 1.27. The average Bonchev–Trinajstić information content (AvgIpc) is 2.80. The summed E-state index contributed by atoms with van der Waals surface area (Å²) in [6.07, 6.45) is 5.42. The Bertz CT molecular complexity index is 400. The Kier molecular flexibility index (Phi) is 2.10. The van der Waals surface area contributed by atoms with E-state index in [0.29, 0.717) is 11.8 Å². The quantitative estimate of drug-likeness (QED) is 0.705. The zero-order valence-electron chi connectivity index (χ0n) is 10.8. The van der Waals surface area contributed by atoms with Gasteiger partial charge in [-0.15, -0.1) is 0 Å². The van der Waals surface area contributed by atoms with Crippen molar-refractivity contribution in [1.29, 1.82) is 0 Å². The van der Waals surface area contributed by atoms with Gasteiger partial charge in [0.15, 0.2) is 0 Å². The lowest BCUT2D eigenvalue weighted by Crippen LogP contribution is -2.32. The summed E-state index contributed by atoms with van der Waals surface area (Å²) in [7, 11) is 0. The van der Waals surface area contributed by atoms with Gasteiger partial charge in [-0.3, -0.25) is 4.79 Å². The van der Waals surface area contributed by atoms with Crippen LogP contribution < -0.4 is 0 Å². The fraction of sp³-hybridized carbons (Fsp3) is 0.800. The van der Waals surface area contributed by atoms with Crippen LogP contribution in [0.2, 0.25) is 0 Å². The van der Waals surface area contributed by atoms with Gasteiger partial charge in [0.2, 0.25) is 0 Å². The van der Waals surface area contributed by atoms with E-state index in [2.05, 4.69) is 13.5 Å². The third-order valence-electron chi connectivity index (χ3n) is 6.14. The van der Waals surface area contributed by atoms with E-state index in [9.17, 15) is 9.90 Å². The molecule has 2 nitrogen and oxygen atoms in total. The number of carboxylic acid groups (broad SMARTS) is 1. The highest BCUT2D eigenvalue weighted by atomic mass is 16.4. The molecule has 0 aromatic heterocycles. The van der Waals surface area contributed by atoms with Gasteiger partial charge in [-0.05, 0) is 62.2 Å². The minimum atomic E-state index is -0.605. The van der Waals surface area contributed by atoms with Crippen molar-refractivity contribution in [2.24, 2.45) is 28.6 Å². The van der Waals surface area contributed by atoms with Crippen LogP contribution in [0.1, 0.15) is 46.0 Å². The second kappa shape index (κ2) is 3.15. The first-order valence-corrected chi connectivity index (χ1v) is 6.81. The van der Waals surface area contributed by atoms with Crippen molar-refractivity contribution in [3.05, 3.63) is 12.2 Å². The van der Waals surface area contributed by atoms with Gasteiger partial charge in [0.05, 0.1) is 5.41 Å². The molecule has 3 rings (SSSR count). The zero-order chi connectivity index (χ0) is 12.4. The molecule has 0 saturated heterocycles. The van der Waals surface area contributed by atoms with Crippen LogP contribution in [-0.2, 0) is 4.79 Å². The number of aliphatic carboxylic acids is 1. The van der Waals surface area contributed by atoms with Crippen molar-refractivity contribution >= 4 is 5.97 Å². The van der Waals surface area contributed by atoms with Gasteiger partial charge in [-0.2, -0.15) is 0 Å². The van der Waals surface area contributed by atoms with Crippen molar-refractivity contribution in [2.45, 2.75) is 46.0 Å². The molecule has 2 heteroatoms. The Morgan fingerprint density at radius 3 is 2.82 bits per heavy atom. The molecule has 0 heterocycles. The lowest BCUT2D eigenvalue weighted by atomic mass is 9.69. The van der Waals surface area contributed by atoms with Gasteiger partial charge in [-0.1, -0.05) is 19.1 Å². The molecule has 3 fully saturated rings. The first-order valence-electron chi connectivity index (χ1n) is 6.81. The van der Waals surface area contributed by atoms with E-state index in [4.69, 9.17) is 0 Å². The predicted octanol–water partition coefficient (Wildman–Crippen LogP) is 3.48. The minimum absolute atomic E-state index is 0.282. The smallest absolute Gasteiger partial charge is 0.309 e. The molecule has 0 amide bonds. The first-order chi connectivity index (χ1) is 7.90. The Hall–Kier alpha value is -0.790. The highest BCUT2D eigenvalue weighted by Gasteiger charge is 2.66. The maximum absolute atomic E-state index is 11.5. The number of hydrogen-bond donors (Lipinski definition) is 1. The first kappa shape index (κ1) is 11.3. The summed E-state index contributed by atoms with van der Waals surface area (Å²) in [6.45, 7) is 8.52. The van der Waals surface area contributed by atoms with E-state index in [1.165, 1.54) is 18.4 Å². The number of rotatable bonds is 1. The second-order valence-electron chi connectivity index (χ2n) is 6.95. The van der Waals surface area contributed by atoms with E-state index < -0.39 is 11.4 Å². The van der Waals surface area contributed by atoms with Gasteiger partial charge in [0.1, 0.15) is 0 Å². The predicted molar refractivity (Wildman–Crippen MR) is 66.5 cm³/mol. The molecule has 0 unspecified atom stereocenters. The van der Waals surface area contributed by atoms with E-state index in [1.807, 2.05) is 6.92 Å². The number of carboxylic acids is 1. The zero-order valence-corrected chi connectivity index (χ0v) is 10.8. The normalized spacial score (nSPS) is 52.6. The maximum Gasteiger partial charge on any atom is 0.309 e. The van der Waals surface area contributed by atoms with Gasteiger partial charge < -0.3 is 5.11 Å². The maximum atomic E-state index is 11.5. The third kappa shape index (κ3) is 1.19. The van der Waals surface area contributed by atoms with Crippen molar-refractivity contribution in [2.75, 3.05) is 0 Å². The van der Waals surface area contributed by atoms with E-state index in [0.717, 1.165) is 25.2 Å². The van der Waals surface area contributed by atoms with Crippen LogP contribution in [0, 0.1) is 28.6 Å². The molecule has 0 bridgehead atoms. The summed E-state index contributed by atoms with van der Waals surface area (Å²) in [5, 5.41) is 9.49. The van der Waals surface area contributed by atoms with Crippen LogP contribution in [0.4, 0.5) is 0 Å². The van der Waals surface area contributed by atoms with Crippen molar-refractivity contribution in [1.82, 2.24) is 0 Å². The van der Waals surface area contributed by atoms with Crippen molar-refractivity contribution in [3.63, 3.8) is 0 Å². The minimum Gasteiger partial charge on any atom is -0.481 e. The number of hydrogen-bond acceptors (Lipinski definition) is 1. The average molecular weight is 234 g/mol. The Morgan fingerprint density at radius 1 is 1.47 bits per heavy atom. The summed E-state index contributed by atoms with van der Waals surface area (Å²) in [5.41, 5.74) is 1.11. The molecule has 1 spiro atoms. The van der Waals surface area contributed by atoms with E-state index >= 15 is 0 Å². The Balaban J connectivity index is 2.04. The molecular weight excluding hydrogens is 212 g/mol. The van der Waals surface area contributed by atoms with Crippen LogP contribution >= 0.6 is 0 Å². The monoisotopic (exact) mass is 234 g/mol. The van der Waals surface area contributed by atoms with Gasteiger partial charge >= 0.3 is 5.97 Å². The molecule has 17 heavy (non-hydrogen) atoms. The highest BCUT2D eigenvalue weighted by Crippen LogP contribution is 2.72. The summed E-state index contributed by atoms with van der Waals surface area (Å²) in [6, 6.07) is 0. The van der Waals surface area contributed by atoms with Crippen LogP contribution in [0.25, 0.3) is 0 Å². The molecule has 0 aromatic rings. The summed E-state index contributed by atoms with van der Waals surface area (Å²) >= 11 is 0. The topological polar surface area (TPSA) is 37.3 Å². The molecule has 3 aliphatic carbocycles. The SMILES string of the molecule is C=C1C[C@@H]2CC[C@H](C)[C@]23C[C@@](C)(C(=O)O)C[C@H]13. The van der Waals surface area contributed by atoms with Crippen LogP contribution in [0.15, 0.2) is 12.2 Å². The third-order valence-corrected chi connectivity index (χ3v) is 6.14. The van der Waals surface area contributed by atoms with Gasteiger partial charge in [0, 0.05) is 0 Å². The lowest BCUT2D eigenvalue weighted by molar-refractivity contribution is -0.148. The molecule has 0 radical (unpaired) electrons. The second-order valence-corrected chi connectivity index (χ2v) is 6.95. The summed E-state index contributed by atoms with van der Waals surface area (Å²) in [4.78, 5) is 11.5. The largest absolute Gasteiger partial charge is 0.481 e. The Morgan fingerprint density at radius 2 is 2.18 bits per heavy atom. The molecule has 94 valence electrons. The van der Waals surface area contributed by atoms with Crippen molar-refractivity contribution < 1.29 is 9.90 Å². The molecule has 1 N–H and O–H groups in total. The molecule has 3 saturated carbocycles. The molecule has 0 aromatic carbocycles.